The first-order chi connectivity index (χ1) is 10.1. The molecule has 0 aliphatic heterocycles. The Morgan fingerprint density at radius 3 is 2.76 bits per heavy atom. The highest BCUT2D eigenvalue weighted by Crippen LogP contribution is 2.54. The van der Waals surface area contributed by atoms with E-state index in [0.717, 1.165) is 12.8 Å². The molecule has 1 saturated carbocycles. The first-order valence-corrected chi connectivity index (χ1v) is 7.24. The van der Waals surface area contributed by atoms with Crippen molar-refractivity contribution in [2.45, 2.75) is 18.4 Å². The fourth-order valence-corrected chi connectivity index (χ4v) is 4.34. The summed E-state index contributed by atoms with van der Waals surface area (Å²) >= 11 is 0. The fraction of sp³-hybridized carbons (Fsp3) is 0.412. The van der Waals surface area contributed by atoms with E-state index in [9.17, 15) is 14.7 Å². The van der Waals surface area contributed by atoms with E-state index in [-0.39, 0.29) is 34.7 Å². The van der Waals surface area contributed by atoms with E-state index in [4.69, 9.17) is 4.74 Å². The molecule has 1 N–H and O–H groups in total. The summed E-state index contributed by atoms with van der Waals surface area (Å²) in [6, 6.07) is 4.71. The molecule has 4 aliphatic carbocycles. The lowest BCUT2D eigenvalue weighted by molar-refractivity contribution is -0.0692. The number of benzene rings is 1. The number of allylic oxidation sites excluding steroid dienone is 1. The van der Waals surface area contributed by atoms with Crippen LogP contribution < -0.4 is 0 Å². The van der Waals surface area contributed by atoms with Crippen molar-refractivity contribution in [1.29, 1.82) is 0 Å². The van der Waals surface area contributed by atoms with Crippen molar-refractivity contribution < 1.29 is 19.4 Å². The SMILES string of the molecule is CO[C@@]12C=C[C@H](CC1)[C@@H]1C(=O)c3cccc(O)c3C(=O)[C@@H]12. The van der Waals surface area contributed by atoms with Crippen LogP contribution in [0.3, 0.4) is 0 Å². The summed E-state index contributed by atoms with van der Waals surface area (Å²) in [4.78, 5) is 25.8. The molecule has 1 fully saturated rings. The summed E-state index contributed by atoms with van der Waals surface area (Å²) in [5.41, 5.74) is -0.179. The third-order valence-electron chi connectivity index (χ3n) is 5.36. The minimum Gasteiger partial charge on any atom is -0.507 e. The highest BCUT2D eigenvalue weighted by atomic mass is 16.5. The van der Waals surface area contributed by atoms with Gasteiger partial charge in [-0.2, -0.15) is 0 Å². The number of carbonyl (C=O) groups is 2. The van der Waals surface area contributed by atoms with Crippen molar-refractivity contribution in [1.82, 2.24) is 0 Å². The molecule has 0 aromatic heterocycles. The van der Waals surface area contributed by atoms with Gasteiger partial charge in [-0.25, -0.2) is 0 Å². The molecule has 0 unspecified atom stereocenters. The average Bonchev–Trinajstić information content (AvgIpc) is 2.52. The zero-order valence-corrected chi connectivity index (χ0v) is 11.7. The van der Waals surface area contributed by atoms with Gasteiger partial charge in [0.1, 0.15) is 5.75 Å². The van der Waals surface area contributed by atoms with E-state index in [0.29, 0.717) is 5.56 Å². The number of carbonyl (C=O) groups excluding carboxylic acids is 2. The largest absolute Gasteiger partial charge is 0.507 e. The Bertz CT molecular complexity index is 690. The molecule has 108 valence electrons. The number of aromatic hydroxyl groups is 1. The van der Waals surface area contributed by atoms with Crippen LogP contribution in [0.25, 0.3) is 0 Å². The molecule has 21 heavy (non-hydrogen) atoms. The van der Waals surface area contributed by atoms with Gasteiger partial charge in [0.05, 0.1) is 17.1 Å². The lowest BCUT2D eigenvalue weighted by Crippen LogP contribution is -2.58. The molecule has 0 saturated heterocycles. The fourth-order valence-electron chi connectivity index (χ4n) is 4.34. The topological polar surface area (TPSA) is 63.6 Å². The first kappa shape index (κ1) is 12.8. The van der Waals surface area contributed by atoms with Crippen LogP contribution in [0.2, 0.25) is 0 Å². The summed E-state index contributed by atoms with van der Waals surface area (Å²) < 4.78 is 5.67. The van der Waals surface area contributed by atoms with Gasteiger partial charge in [-0.15, -0.1) is 0 Å². The molecule has 2 bridgehead atoms. The minimum absolute atomic E-state index is 0.0408. The second kappa shape index (κ2) is 4.04. The van der Waals surface area contributed by atoms with Crippen LogP contribution in [0.1, 0.15) is 33.6 Å². The van der Waals surface area contributed by atoms with Crippen molar-refractivity contribution in [3.8, 4) is 5.75 Å². The molecule has 1 aromatic carbocycles. The molecule has 0 spiro atoms. The smallest absolute Gasteiger partial charge is 0.174 e. The Hall–Kier alpha value is -1.94. The maximum atomic E-state index is 12.9. The highest BCUT2D eigenvalue weighted by molar-refractivity contribution is 6.18. The van der Waals surface area contributed by atoms with Crippen LogP contribution in [0, 0.1) is 17.8 Å². The Kier molecular flexibility index (Phi) is 2.46. The normalized spacial score (nSPS) is 36.5. The van der Waals surface area contributed by atoms with Gasteiger partial charge in [-0.1, -0.05) is 24.3 Å². The number of Topliss-reactive ketones (excluding diaryl/α,β-unsaturated/α-hetero) is 2. The van der Waals surface area contributed by atoms with Gasteiger partial charge in [0.25, 0.3) is 0 Å². The molecule has 4 heteroatoms. The number of ether oxygens (including phenoxy) is 1. The van der Waals surface area contributed by atoms with Crippen LogP contribution in [0.4, 0.5) is 0 Å². The Labute approximate surface area is 122 Å². The lowest BCUT2D eigenvalue weighted by Gasteiger charge is -2.52. The van der Waals surface area contributed by atoms with Crippen molar-refractivity contribution in [2.24, 2.45) is 17.8 Å². The molecule has 0 amide bonds. The molecule has 0 radical (unpaired) electrons. The second-order valence-corrected chi connectivity index (χ2v) is 6.15. The second-order valence-electron chi connectivity index (χ2n) is 6.15. The molecular formula is C17H16O4. The third kappa shape index (κ3) is 1.43. The minimum atomic E-state index is -0.702. The van der Waals surface area contributed by atoms with Gasteiger partial charge >= 0.3 is 0 Å². The number of methoxy groups -OCH3 is 1. The average molecular weight is 284 g/mol. The number of hydrogen-bond donors (Lipinski definition) is 1. The summed E-state index contributed by atoms with van der Waals surface area (Å²) in [5.74, 6) is -1.09. The van der Waals surface area contributed by atoms with Crippen LogP contribution >= 0.6 is 0 Å². The van der Waals surface area contributed by atoms with Gasteiger partial charge in [0.15, 0.2) is 11.6 Å². The van der Waals surface area contributed by atoms with Crippen molar-refractivity contribution in [3.63, 3.8) is 0 Å². The number of phenols is 1. The number of ketones is 2. The van der Waals surface area contributed by atoms with Gasteiger partial charge in [-0.05, 0) is 24.8 Å². The first-order valence-electron chi connectivity index (χ1n) is 7.24. The summed E-state index contributed by atoms with van der Waals surface area (Å²) in [6.07, 6.45) is 5.57. The standard InChI is InChI=1S/C17H16O4/c1-21-17-7-5-9(6-8-17)12-14(17)16(20)13-10(15(12)19)3-2-4-11(13)18/h2-5,7,9,12,14,18H,6,8H2,1H3/t9-,12+,14-,17+/m1/s1. The van der Waals surface area contributed by atoms with Crippen LogP contribution in [0.15, 0.2) is 30.4 Å². The van der Waals surface area contributed by atoms with E-state index in [1.165, 1.54) is 6.07 Å². The molecule has 1 aromatic rings. The number of phenolic OH excluding ortho intramolecular Hbond substituents is 1. The number of rotatable bonds is 1. The van der Waals surface area contributed by atoms with E-state index >= 15 is 0 Å². The molecule has 5 rings (SSSR count). The summed E-state index contributed by atoms with van der Waals surface area (Å²) in [6.45, 7) is 0. The van der Waals surface area contributed by atoms with Gasteiger partial charge in [-0.3, -0.25) is 9.59 Å². The van der Waals surface area contributed by atoms with Crippen LogP contribution in [-0.2, 0) is 4.74 Å². The van der Waals surface area contributed by atoms with Gasteiger partial charge in [0, 0.05) is 18.6 Å². The summed E-state index contributed by atoms with van der Waals surface area (Å²) in [7, 11) is 1.59. The molecular weight excluding hydrogens is 268 g/mol. The van der Waals surface area contributed by atoms with Crippen LogP contribution in [-0.4, -0.2) is 29.4 Å². The highest BCUT2D eigenvalue weighted by Gasteiger charge is 2.59. The monoisotopic (exact) mass is 284 g/mol. The predicted molar refractivity (Wildman–Crippen MR) is 75.4 cm³/mol. The Balaban J connectivity index is 1.96. The lowest BCUT2D eigenvalue weighted by atomic mass is 9.53. The molecule has 0 heterocycles. The maximum absolute atomic E-state index is 12.9. The molecule has 4 aliphatic rings. The van der Waals surface area contributed by atoms with Crippen molar-refractivity contribution in [3.05, 3.63) is 41.5 Å². The molecule has 4 atom stereocenters. The quantitative estimate of drug-likeness (QED) is 0.804. The zero-order chi connectivity index (χ0) is 14.8. The number of hydrogen-bond acceptors (Lipinski definition) is 4. The van der Waals surface area contributed by atoms with Crippen molar-refractivity contribution >= 4 is 11.6 Å². The zero-order valence-electron chi connectivity index (χ0n) is 11.7. The summed E-state index contributed by atoms with van der Waals surface area (Å²) in [5, 5.41) is 10.0. The maximum Gasteiger partial charge on any atom is 0.174 e. The Morgan fingerprint density at radius 2 is 2.10 bits per heavy atom. The third-order valence-corrected chi connectivity index (χ3v) is 5.36. The van der Waals surface area contributed by atoms with E-state index in [1.54, 1.807) is 19.2 Å². The predicted octanol–water partition coefficient (Wildman–Crippen LogP) is 2.37. The van der Waals surface area contributed by atoms with E-state index < -0.39 is 11.5 Å². The van der Waals surface area contributed by atoms with E-state index in [1.807, 2.05) is 12.2 Å². The molecule has 4 nitrogen and oxygen atoms in total. The Morgan fingerprint density at radius 1 is 1.29 bits per heavy atom. The van der Waals surface area contributed by atoms with E-state index in [2.05, 4.69) is 0 Å². The number of fused-ring (bicyclic) bond motifs is 2. The van der Waals surface area contributed by atoms with Crippen LogP contribution in [0.5, 0.6) is 5.75 Å². The van der Waals surface area contributed by atoms with Crippen molar-refractivity contribution in [2.75, 3.05) is 7.11 Å². The van der Waals surface area contributed by atoms with Gasteiger partial charge < -0.3 is 9.84 Å². The van der Waals surface area contributed by atoms with Gasteiger partial charge in [0.2, 0.25) is 0 Å².